The molecule has 0 bridgehead atoms. The normalized spacial score (nSPS) is 44.3. The first-order valence-electron chi connectivity index (χ1n) is 8.79. The molecule has 4 unspecified atom stereocenters. The van der Waals surface area contributed by atoms with Crippen LogP contribution in [0.1, 0.15) is 65.2 Å². The van der Waals surface area contributed by atoms with Gasteiger partial charge in [0.2, 0.25) is 0 Å². The van der Waals surface area contributed by atoms with Crippen LogP contribution in [-0.2, 0) is 0 Å². The van der Waals surface area contributed by atoms with Crippen LogP contribution in [0.4, 0.5) is 0 Å². The molecule has 3 saturated carbocycles. The molecule has 0 aromatic rings. The zero-order valence-corrected chi connectivity index (χ0v) is 13.7. The van der Waals surface area contributed by atoms with Gasteiger partial charge in [-0.05, 0) is 79.8 Å². The summed E-state index contributed by atoms with van der Waals surface area (Å²) in [6.45, 7) is 9.04. The zero-order valence-electron chi connectivity index (χ0n) is 13.7. The second kappa shape index (κ2) is 5.76. The van der Waals surface area contributed by atoms with E-state index >= 15 is 0 Å². The molecule has 3 rings (SSSR count). The van der Waals surface area contributed by atoms with E-state index in [1.165, 1.54) is 37.7 Å². The second-order valence-corrected chi connectivity index (χ2v) is 7.76. The Morgan fingerprint density at radius 2 is 1.95 bits per heavy atom. The highest BCUT2D eigenvalue weighted by atomic mass is 16.3. The number of hydrogen-bond acceptors (Lipinski definition) is 1. The standard InChI is InChI=1S/C20H30O/c1-14-9-12-18-17(7-5-13-20(14,18)3)11-10-16-6-4-8-19(21)15(16)2/h10-11,14,18-19,21H,2,4-9,12-13H2,1,3H3/b16-10-,17-11+. The highest BCUT2D eigenvalue weighted by Gasteiger charge is 2.46. The SMILES string of the molecule is C=C1/C(=C\C=C2/CCCC3(C)C(C)CCC23)CCCC1O. The lowest BCUT2D eigenvalue weighted by Gasteiger charge is -2.41. The Labute approximate surface area is 129 Å². The molecule has 0 heterocycles. The second-order valence-electron chi connectivity index (χ2n) is 7.76. The van der Waals surface area contributed by atoms with Crippen molar-refractivity contribution in [3.05, 3.63) is 35.5 Å². The molecule has 3 aliphatic rings. The Kier molecular flexibility index (Phi) is 4.14. The summed E-state index contributed by atoms with van der Waals surface area (Å²) in [6.07, 6.45) is 14.2. The fraction of sp³-hybridized carbons (Fsp3) is 0.700. The highest BCUT2D eigenvalue weighted by molar-refractivity contribution is 5.37. The Hall–Kier alpha value is -0.820. The van der Waals surface area contributed by atoms with Crippen molar-refractivity contribution in [1.82, 2.24) is 0 Å². The molecule has 21 heavy (non-hydrogen) atoms. The van der Waals surface area contributed by atoms with Crippen molar-refractivity contribution in [3.8, 4) is 0 Å². The Bertz CT molecular complexity index is 484. The van der Waals surface area contributed by atoms with Gasteiger partial charge in [0.25, 0.3) is 0 Å². The molecule has 0 aromatic carbocycles. The Morgan fingerprint density at radius 1 is 1.14 bits per heavy atom. The molecule has 1 nitrogen and oxygen atoms in total. The molecule has 3 fully saturated rings. The first-order chi connectivity index (χ1) is 10.0. The van der Waals surface area contributed by atoms with Gasteiger partial charge < -0.3 is 5.11 Å². The minimum Gasteiger partial charge on any atom is -0.388 e. The minimum atomic E-state index is -0.313. The summed E-state index contributed by atoms with van der Waals surface area (Å²) in [5, 5.41) is 9.95. The van der Waals surface area contributed by atoms with E-state index in [1.807, 2.05) is 0 Å². The van der Waals surface area contributed by atoms with Gasteiger partial charge in [0.1, 0.15) is 0 Å². The van der Waals surface area contributed by atoms with Crippen molar-refractivity contribution in [2.45, 2.75) is 71.3 Å². The van der Waals surface area contributed by atoms with Crippen LogP contribution in [-0.4, -0.2) is 11.2 Å². The van der Waals surface area contributed by atoms with Gasteiger partial charge >= 0.3 is 0 Å². The molecule has 0 radical (unpaired) electrons. The highest BCUT2D eigenvalue weighted by Crippen LogP contribution is 2.57. The molecule has 3 aliphatic carbocycles. The van der Waals surface area contributed by atoms with Crippen LogP contribution >= 0.6 is 0 Å². The van der Waals surface area contributed by atoms with Crippen molar-refractivity contribution in [2.75, 3.05) is 0 Å². The Morgan fingerprint density at radius 3 is 2.76 bits per heavy atom. The molecule has 1 heteroatoms. The summed E-state index contributed by atoms with van der Waals surface area (Å²) in [7, 11) is 0. The number of rotatable bonds is 1. The molecule has 0 aromatic heterocycles. The van der Waals surface area contributed by atoms with Crippen LogP contribution in [0.15, 0.2) is 35.5 Å². The molecule has 0 spiro atoms. The third-order valence-corrected chi connectivity index (χ3v) is 6.68. The Balaban J connectivity index is 1.81. The van der Waals surface area contributed by atoms with Gasteiger partial charge in [-0.25, -0.2) is 0 Å². The fourth-order valence-corrected chi connectivity index (χ4v) is 4.93. The lowest BCUT2D eigenvalue weighted by molar-refractivity contribution is 0.147. The van der Waals surface area contributed by atoms with E-state index in [-0.39, 0.29) is 6.10 Å². The maximum atomic E-state index is 9.95. The van der Waals surface area contributed by atoms with Gasteiger partial charge in [-0.3, -0.25) is 0 Å². The summed E-state index contributed by atoms with van der Waals surface area (Å²) < 4.78 is 0. The number of aliphatic hydroxyl groups excluding tert-OH is 1. The van der Waals surface area contributed by atoms with Crippen LogP contribution in [0, 0.1) is 17.3 Å². The van der Waals surface area contributed by atoms with Crippen molar-refractivity contribution in [2.24, 2.45) is 17.3 Å². The first kappa shape index (κ1) is 15.1. The maximum absolute atomic E-state index is 9.95. The predicted molar refractivity (Wildman–Crippen MR) is 89.0 cm³/mol. The lowest BCUT2D eigenvalue weighted by Crippen LogP contribution is -2.31. The fourth-order valence-electron chi connectivity index (χ4n) is 4.93. The first-order valence-corrected chi connectivity index (χ1v) is 8.79. The van der Waals surface area contributed by atoms with Gasteiger partial charge in [-0.15, -0.1) is 0 Å². The summed E-state index contributed by atoms with van der Waals surface area (Å²) >= 11 is 0. The molecular formula is C20H30O. The quantitative estimate of drug-likeness (QED) is 0.704. The van der Waals surface area contributed by atoms with Crippen molar-refractivity contribution < 1.29 is 5.11 Å². The molecule has 4 atom stereocenters. The molecule has 0 amide bonds. The maximum Gasteiger partial charge on any atom is 0.0787 e. The van der Waals surface area contributed by atoms with E-state index < -0.39 is 0 Å². The number of hydrogen-bond donors (Lipinski definition) is 1. The predicted octanol–water partition coefficient (Wildman–Crippen LogP) is 5.18. The van der Waals surface area contributed by atoms with Crippen molar-refractivity contribution >= 4 is 0 Å². The van der Waals surface area contributed by atoms with Gasteiger partial charge in [0.05, 0.1) is 6.10 Å². The smallest absolute Gasteiger partial charge is 0.0787 e. The number of aliphatic hydroxyl groups is 1. The van der Waals surface area contributed by atoms with E-state index in [0.717, 1.165) is 36.7 Å². The van der Waals surface area contributed by atoms with Crippen molar-refractivity contribution in [1.29, 1.82) is 0 Å². The van der Waals surface area contributed by atoms with Crippen LogP contribution < -0.4 is 0 Å². The monoisotopic (exact) mass is 286 g/mol. The van der Waals surface area contributed by atoms with Gasteiger partial charge in [0.15, 0.2) is 0 Å². The minimum absolute atomic E-state index is 0.313. The third-order valence-electron chi connectivity index (χ3n) is 6.68. The number of fused-ring (bicyclic) bond motifs is 1. The average molecular weight is 286 g/mol. The molecule has 0 saturated heterocycles. The summed E-state index contributed by atoms with van der Waals surface area (Å²) in [4.78, 5) is 0. The van der Waals surface area contributed by atoms with Gasteiger partial charge in [0, 0.05) is 0 Å². The molecule has 0 aliphatic heterocycles. The van der Waals surface area contributed by atoms with E-state index in [2.05, 4.69) is 32.6 Å². The van der Waals surface area contributed by atoms with Crippen molar-refractivity contribution in [3.63, 3.8) is 0 Å². The summed E-state index contributed by atoms with van der Waals surface area (Å²) in [5.74, 6) is 1.66. The largest absolute Gasteiger partial charge is 0.388 e. The molecular weight excluding hydrogens is 256 g/mol. The van der Waals surface area contributed by atoms with E-state index in [4.69, 9.17) is 0 Å². The van der Waals surface area contributed by atoms with E-state index in [9.17, 15) is 5.11 Å². The summed E-state index contributed by atoms with van der Waals surface area (Å²) in [6, 6.07) is 0. The topological polar surface area (TPSA) is 20.2 Å². The van der Waals surface area contributed by atoms with Crippen LogP contribution in [0.5, 0.6) is 0 Å². The average Bonchev–Trinajstić information content (AvgIpc) is 2.77. The molecule has 116 valence electrons. The lowest BCUT2D eigenvalue weighted by atomic mass is 9.64. The molecule has 1 N–H and O–H groups in total. The van der Waals surface area contributed by atoms with Crippen LogP contribution in [0.2, 0.25) is 0 Å². The van der Waals surface area contributed by atoms with Crippen LogP contribution in [0.25, 0.3) is 0 Å². The number of allylic oxidation sites excluding steroid dienone is 3. The van der Waals surface area contributed by atoms with Crippen LogP contribution in [0.3, 0.4) is 0 Å². The van der Waals surface area contributed by atoms with Gasteiger partial charge in [-0.1, -0.05) is 38.2 Å². The summed E-state index contributed by atoms with van der Waals surface area (Å²) in [5.41, 5.74) is 4.43. The van der Waals surface area contributed by atoms with Gasteiger partial charge in [-0.2, -0.15) is 0 Å². The zero-order chi connectivity index (χ0) is 15.0. The van der Waals surface area contributed by atoms with E-state index in [1.54, 1.807) is 5.57 Å². The third kappa shape index (κ3) is 2.65. The van der Waals surface area contributed by atoms with E-state index in [0.29, 0.717) is 5.41 Å².